The minimum absolute atomic E-state index is 0.00798. The molecule has 1 fully saturated rings. The van der Waals surface area contributed by atoms with Crippen LogP contribution in [0.15, 0.2) is 48.5 Å². The monoisotopic (exact) mass is 421 g/mol. The summed E-state index contributed by atoms with van der Waals surface area (Å²) in [5, 5.41) is 0.734. The maximum Gasteiger partial charge on any atom is 0.270 e. The van der Waals surface area contributed by atoms with Gasteiger partial charge in [0, 0.05) is 37.1 Å². The lowest BCUT2D eigenvalue weighted by atomic mass is 9.96. The van der Waals surface area contributed by atoms with E-state index in [2.05, 4.69) is 41.1 Å². The molecule has 164 valence electrons. The average Bonchev–Trinajstić information content (AvgIpc) is 3.21. The number of fused-ring (bicyclic) bond motifs is 1. The number of carbonyl (C=O) groups excluding carboxylic acids is 1. The van der Waals surface area contributed by atoms with Crippen LogP contribution in [0.4, 0.5) is 4.39 Å². The van der Waals surface area contributed by atoms with Gasteiger partial charge in [-0.05, 0) is 74.0 Å². The van der Waals surface area contributed by atoms with Gasteiger partial charge in [0.1, 0.15) is 11.5 Å². The summed E-state index contributed by atoms with van der Waals surface area (Å²) < 4.78 is 13.5. The van der Waals surface area contributed by atoms with Crippen LogP contribution < -0.4 is 0 Å². The molecule has 4 nitrogen and oxygen atoms in total. The number of benzene rings is 2. The smallest absolute Gasteiger partial charge is 0.270 e. The molecule has 3 aromatic rings. The summed E-state index contributed by atoms with van der Waals surface area (Å²) in [6, 6.07) is 15.2. The molecular weight excluding hydrogens is 389 g/mol. The highest BCUT2D eigenvalue weighted by Crippen LogP contribution is 2.22. The average molecular weight is 422 g/mol. The highest BCUT2D eigenvalue weighted by atomic mass is 19.1. The summed E-state index contributed by atoms with van der Waals surface area (Å²) in [6.45, 7) is 8.71. The molecular formula is C26H32FN3O. The third-order valence-electron chi connectivity index (χ3n) is 6.40. The zero-order chi connectivity index (χ0) is 21.8. The fourth-order valence-corrected chi connectivity index (χ4v) is 4.64. The Morgan fingerprint density at radius 3 is 2.65 bits per heavy atom. The number of piperidine rings is 1. The summed E-state index contributed by atoms with van der Waals surface area (Å²) in [4.78, 5) is 20.7. The number of H-pyrrole nitrogens is 1. The van der Waals surface area contributed by atoms with Crippen LogP contribution in [0.5, 0.6) is 0 Å². The molecule has 1 atom stereocenters. The molecule has 0 bridgehead atoms. The van der Waals surface area contributed by atoms with E-state index in [9.17, 15) is 9.18 Å². The highest BCUT2D eigenvalue weighted by molar-refractivity contribution is 5.98. The number of rotatable bonds is 7. The molecule has 1 aliphatic heterocycles. The van der Waals surface area contributed by atoms with Gasteiger partial charge in [0.05, 0.1) is 0 Å². The fraction of sp³-hybridized carbons (Fsp3) is 0.423. The van der Waals surface area contributed by atoms with Gasteiger partial charge in [0.15, 0.2) is 0 Å². The first-order chi connectivity index (χ1) is 15.1. The third-order valence-corrected chi connectivity index (χ3v) is 6.40. The Balaban J connectivity index is 1.39. The van der Waals surface area contributed by atoms with Crippen LogP contribution in [-0.4, -0.2) is 46.9 Å². The molecule has 1 aromatic heterocycles. The van der Waals surface area contributed by atoms with Gasteiger partial charge in [0.25, 0.3) is 5.91 Å². The van der Waals surface area contributed by atoms with Crippen molar-refractivity contribution in [2.45, 2.75) is 39.7 Å². The Bertz CT molecular complexity index is 1030. The maximum absolute atomic E-state index is 13.5. The molecule has 1 unspecified atom stereocenters. The van der Waals surface area contributed by atoms with E-state index in [0.717, 1.165) is 56.3 Å². The molecule has 5 heteroatoms. The van der Waals surface area contributed by atoms with Crippen molar-refractivity contribution >= 4 is 16.8 Å². The number of nitrogens with one attached hydrogen (secondary N) is 1. The predicted octanol–water partition coefficient (Wildman–Crippen LogP) is 5.24. The van der Waals surface area contributed by atoms with Crippen LogP contribution in [0.2, 0.25) is 0 Å². The second kappa shape index (κ2) is 9.65. The topological polar surface area (TPSA) is 39.3 Å². The van der Waals surface area contributed by atoms with Gasteiger partial charge in [-0.3, -0.25) is 9.69 Å². The van der Waals surface area contributed by atoms with Gasteiger partial charge in [-0.2, -0.15) is 0 Å². The molecule has 0 aliphatic carbocycles. The number of hydrogen-bond donors (Lipinski definition) is 1. The SMILES string of the molecule is CCc1ccc(CN2CCCC(CN(CC)C(=O)c3cc4cc(F)ccc4[nH]3)C2)cc1. The summed E-state index contributed by atoms with van der Waals surface area (Å²) in [5.41, 5.74) is 4.05. The van der Waals surface area contributed by atoms with E-state index in [-0.39, 0.29) is 11.7 Å². The van der Waals surface area contributed by atoms with Gasteiger partial charge in [-0.25, -0.2) is 4.39 Å². The number of halogens is 1. The van der Waals surface area contributed by atoms with E-state index in [4.69, 9.17) is 0 Å². The Hall–Kier alpha value is -2.66. The number of nitrogens with zero attached hydrogens (tertiary/aromatic N) is 2. The van der Waals surface area contributed by atoms with Crippen LogP contribution in [0.25, 0.3) is 10.9 Å². The highest BCUT2D eigenvalue weighted by Gasteiger charge is 2.25. The van der Waals surface area contributed by atoms with Crippen molar-refractivity contribution in [3.8, 4) is 0 Å². The number of likely N-dealkylation sites (tertiary alicyclic amines) is 1. The van der Waals surface area contributed by atoms with E-state index in [1.165, 1.54) is 23.3 Å². The molecule has 2 aromatic carbocycles. The van der Waals surface area contributed by atoms with Crippen molar-refractivity contribution in [1.82, 2.24) is 14.8 Å². The van der Waals surface area contributed by atoms with Crippen molar-refractivity contribution in [1.29, 1.82) is 0 Å². The number of carbonyl (C=O) groups is 1. The van der Waals surface area contributed by atoms with E-state index in [1.54, 1.807) is 12.1 Å². The fourth-order valence-electron chi connectivity index (χ4n) is 4.64. The second-order valence-electron chi connectivity index (χ2n) is 8.67. The first-order valence-electron chi connectivity index (χ1n) is 11.4. The van der Waals surface area contributed by atoms with Crippen molar-refractivity contribution < 1.29 is 9.18 Å². The Morgan fingerprint density at radius 2 is 1.90 bits per heavy atom. The van der Waals surface area contributed by atoms with Gasteiger partial charge in [-0.15, -0.1) is 0 Å². The standard InChI is InChI=1S/C26H32FN3O/c1-3-19-7-9-20(10-8-19)16-29-13-5-6-21(17-29)18-30(4-2)26(31)25-15-22-14-23(27)11-12-24(22)28-25/h7-12,14-15,21,28H,3-6,13,16-18H2,1-2H3. The van der Waals surface area contributed by atoms with Crippen molar-refractivity contribution in [3.63, 3.8) is 0 Å². The molecule has 1 amide bonds. The van der Waals surface area contributed by atoms with Gasteiger partial charge >= 0.3 is 0 Å². The normalized spacial score (nSPS) is 17.2. The Kier molecular flexibility index (Phi) is 6.71. The lowest BCUT2D eigenvalue weighted by molar-refractivity contribution is 0.0680. The minimum Gasteiger partial charge on any atom is -0.351 e. The molecule has 4 rings (SSSR count). The zero-order valence-corrected chi connectivity index (χ0v) is 18.5. The van der Waals surface area contributed by atoms with Crippen molar-refractivity contribution in [2.24, 2.45) is 5.92 Å². The second-order valence-corrected chi connectivity index (χ2v) is 8.67. The summed E-state index contributed by atoms with van der Waals surface area (Å²) in [7, 11) is 0. The Morgan fingerprint density at radius 1 is 1.13 bits per heavy atom. The largest absolute Gasteiger partial charge is 0.351 e. The molecule has 0 saturated carbocycles. The number of hydrogen-bond acceptors (Lipinski definition) is 2. The molecule has 1 saturated heterocycles. The number of amides is 1. The molecule has 2 heterocycles. The molecule has 31 heavy (non-hydrogen) atoms. The lowest BCUT2D eigenvalue weighted by Crippen LogP contribution is -2.42. The van der Waals surface area contributed by atoms with E-state index in [1.807, 2.05) is 11.8 Å². The molecule has 0 radical (unpaired) electrons. The van der Waals surface area contributed by atoms with Crippen molar-refractivity contribution in [3.05, 3.63) is 71.2 Å². The molecule has 1 N–H and O–H groups in total. The third kappa shape index (κ3) is 5.16. The zero-order valence-electron chi connectivity index (χ0n) is 18.5. The van der Waals surface area contributed by atoms with Gasteiger partial charge in [0.2, 0.25) is 0 Å². The number of aromatic nitrogens is 1. The first-order valence-corrected chi connectivity index (χ1v) is 11.4. The molecule has 1 aliphatic rings. The van der Waals surface area contributed by atoms with E-state index in [0.29, 0.717) is 18.2 Å². The van der Waals surface area contributed by atoms with E-state index < -0.39 is 0 Å². The predicted molar refractivity (Wildman–Crippen MR) is 124 cm³/mol. The lowest BCUT2D eigenvalue weighted by Gasteiger charge is -2.35. The van der Waals surface area contributed by atoms with E-state index >= 15 is 0 Å². The summed E-state index contributed by atoms with van der Waals surface area (Å²) in [5.74, 6) is 0.172. The minimum atomic E-state index is -0.288. The maximum atomic E-state index is 13.5. The summed E-state index contributed by atoms with van der Waals surface area (Å²) in [6.07, 6.45) is 3.38. The van der Waals surface area contributed by atoms with Gasteiger partial charge < -0.3 is 9.88 Å². The molecule has 0 spiro atoms. The Labute approximate surface area is 184 Å². The quantitative estimate of drug-likeness (QED) is 0.566. The van der Waals surface area contributed by atoms with Crippen LogP contribution >= 0.6 is 0 Å². The van der Waals surface area contributed by atoms with Crippen LogP contribution in [0.1, 0.15) is 48.3 Å². The van der Waals surface area contributed by atoms with Crippen molar-refractivity contribution in [2.75, 3.05) is 26.2 Å². The van der Waals surface area contributed by atoms with Gasteiger partial charge in [-0.1, -0.05) is 31.2 Å². The van der Waals surface area contributed by atoms with Crippen LogP contribution in [-0.2, 0) is 13.0 Å². The summed E-state index contributed by atoms with van der Waals surface area (Å²) >= 11 is 0. The van der Waals surface area contributed by atoms with Crippen LogP contribution in [0, 0.1) is 11.7 Å². The number of aryl methyl sites for hydroxylation is 1. The first kappa shape index (κ1) is 21.6. The number of aromatic amines is 1. The van der Waals surface area contributed by atoms with Crippen LogP contribution in [0.3, 0.4) is 0 Å².